The van der Waals surface area contributed by atoms with Gasteiger partial charge in [0.1, 0.15) is 19.8 Å². The summed E-state index contributed by atoms with van der Waals surface area (Å²) in [6.45, 7) is 3.21. The zero-order valence-corrected chi connectivity index (χ0v) is 26.6. The van der Waals surface area contributed by atoms with Crippen LogP contribution in [0.5, 0.6) is 0 Å². The van der Waals surface area contributed by atoms with Gasteiger partial charge in [-0.3, -0.25) is 18.6 Å². The van der Waals surface area contributed by atoms with Gasteiger partial charge in [0.15, 0.2) is 6.10 Å². The molecule has 3 unspecified atom stereocenters. The fraction of sp³-hybridized carbons (Fsp3) is 0.733. The number of hydrogen-bond acceptors (Lipinski definition) is 8. The number of carbonyl (C=O) groups excluding carboxylic acids is 2. The highest BCUT2D eigenvalue weighted by Gasteiger charge is 2.36. The molecule has 1 N–H and O–H groups in total. The quantitative estimate of drug-likeness (QED) is 0.0373. The number of phosphoric acid groups is 1. The summed E-state index contributed by atoms with van der Waals surface area (Å²) in [6.07, 6.45) is 21.9. The van der Waals surface area contributed by atoms with Crippen molar-refractivity contribution in [2.75, 3.05) is 47.5 Å². The van der Waals surface area contributed by atoms with Crippen LogP contribution in [-0.4, -0.2) is 87.1 Å². The summed E-state index contributed by atoms with van der Waals surface area (Å²) >= 11 is 0. The van der Waals surface area contributed by atoms with Crippen LogP contribution in [0.3, 0.4) is 0 Å². The van der Waals surface area contributed by atoms with Gasteiger partial charge in [-0.2, -0.15) is 0 Å². The molecule has 4 atom stereocenters. The molecule has 1 fully saturated rings. The molecule has 41 heavy (non-hydrogen) atoms. The van der Waals surface area contributed by atoms with E-state index in [1.54, 1.807) is 0 Å². The number of phosphoric ester groups is 1. The van der Waals surface area contributed by atoms with Crippen LogP contribution in [0.1, 0.15) is 78.1 Å². The average Bonchev–Trinajstić information content (AvgIpc) is 3.63. The largest absolute Gasteiger partial charge is 0.472 e. The highest BCUT2D eigenvalue weighted by Crippen LogP contribution is 2.43. The van der Waals surface area contributed by atoms with E-state index < -0.39 is 32.5 Å². The second-order valence-corrected chi connectivity index (χ2v) is 12.7. The minimum Gasteiger partial charge on any atom is -0.462 e. The normalized spacial score (nSPS) is 19.6. The number of nitrogens with zero attached hydrogens (tertiary/aromatic N) is 1. The lowest BCUT2D eigenvalue weighted by molar-refractivity contribution is -0.870. The summed E-state index contributed by atoms with van der Waals surface area (Å²) in [5.74, 6) is -1.07. The van der Waals surface area contributed by atoms with Crippen molar-refractivity contribution in [3.63, 3.8) is 0 Å². The number of esters is 2. The van der Waals surface area contributed by atoms with Crippen molar-refractivity contribution < 1.29 is 46.8 Å². The van der Waals surface area contributed by atoms with E-state index in [1.165, 1.54) is 26.2 Å². The predicted octanol–water partition coefficient (Wildman–Crippen LogP) is 5.66. The lowest BCUT2D eigenvalue weighted by Crippen LogP contribution is -2.37. The zero-order chi connectivity index (χ0) is 30.6. The second kappa shape index (κ2) is 21.0. The van der Waals surface area contributed by atoms with Crippen LogP contribution in [0.25, 0.3) is 0 Å². The number of carbonyl (C=O) groups is 2. The van der Waals surface area contributed by atoms with E-state index in [2.05, 4.69) is 37.3 Å². The van der Waals surface area contributed by atoms with E-state index in [-0.39, 0.29) is 19.6 Å². The lowest BCUT2D eigenvalue weighted by Gasteiger charge is -2.24. The topological polar surface area (TPSA) is 121 Å². The molecule has 236 valence electrons. The van der Waals surface area contributed by atoms with Gasteiger partial charge in [-0.15, -0.1) is 0 Å². The van der Waals surface area contributed by atoms with Crippen molar-refractivity contribution in [1.82, 2.24) is 0 Å². The molecule has 0 radical (unpaired) electrons. The molecule has 1 aliphatic rings. The number of epoxide rings is 1. The maximum atomic E-state index is 12.1. The summed E-state index contributed by atoms with van der Waals surface area (Å²) in [6, 6.07) is 0. The van der Waals surface area contributed by atoms with Crippen molar-refractivity contribution >= 4 is 19.8 Å². The molecule has 11 heteroatoms. The first-order chi connectivity index (χ1) is 19.4. The number of unbranched alkanes of at least 4 members (excludes halogenated alkanes) is 4. The number of allylic oxidation sites excluding steroid dienone is 4. The molecule has 1 saturated heterocycles. The van der Waals surface area contributed by atoms with Gasteiger partial charge < -0.3 is 23.6 Å². The predicted molar refractivity (Wildman–Crippen MR) is 159 cm³/mol. The Morgan fingerprint density at radius 1 is 0.927 bits per heavy atom. The SMILES string of the molecule is CCCCC/C=C\CC1OC1C/C=C\C/C=C\CCCC(=O)OC[C@H](COP(=O)(O)OCC[N+](C)(C)C)OC(C)=O. The van der Waals surface area contributed by atoms with Crippen molar-refractivity contribution in [1.29, 1.82) is 0 Å². The van der Waals surface area contributed by atoms with Gasteiger partial charge in [-0.1, -0.05) is 56.2 Å². The Labute approximate surface area is 246 Å². The summed E-state index contributed by atoms with van der Waals surface area (Å²) in [7, 11) is 1.42. The first kappa shape index (κ1) is 37.2. The van der Waals surface area contributed by atoms with E-state index in [1.807, 2.05) is 27.2 Å². The summed E-state index contributed by atoms with van der Waals surface area (Å²) < 4.78 is 38.4. The van der Waals surface area contributed by atoms with Crippen LogP contribution in [0.15, 0.2) is 36.5 Å². The van der Waals surface area contributed by atoms with E-state index in [0.717, 1.165) is 32.1 Å². The Balaban J connectivity index is 2.15. The third-order valence-electron chi connectivity index (χ3n) is 6.13. The van der Waals surface area contributed by atoms with Crippen LogP contribution in [0.4, 0.5) is 0 Å². The Hall–Kier alpha value is -1.81. The van der Waals surface area contributed by atoms with Crippen molar-refractivity contribution in [3.05, 3.63) is 36.5 Å². The second-order valence-electron chi connectivity index (χ2n) is 11.2. The maximum absolute atomic E-state index is 12.1. The first-order valence-corrected chi connectivity index (χ1v) is 16.3. The molecule has 0 amide bonds. The first-order valence-electron chi connectivity index (χ1n) is 14.8. The van der Waals surface area contributed by atoms with Crippen molar-refractivity contribution in [2.45, 2.75) is 96.4 Å². The van der Waals surface area contributed by atoms with Gasteiger partial charge in [0.2, 0.25) is 0 Å². The van der Waals surface area contributed by atoms with Crippen molar-refractivity contribution in [3.8, 4) is 0 Å². The molecular formula is C30H53NO9P+. The van der Waals surface area contributed by atoms with Gasteiger partial charge in [0, 0.05) is 13.3 Å². The minimum absolute atomic E-state index is 0.0163. The molecular weight excluding hydrogens is 549 g/mol. The molecule has 1 aliphatic heterocycles. The number of rotatable bonds is 24. The molecule has 0 aromatic rings. The molecule has 0 bridgehead atoms. The lowest BCUT2D eigenvalue weighted by atomic mass is 10.1. The highest BCUT2D eigenvalue weighted by molar-refractivity contribution is 7.47. The molecule has 1 rings (SSSR count). The number of quaternary nitrogens is 1. The Kier molecular flexibility index (Phi) is 19.0. The molecule has 0 aliphatic carbocycles. The number of likely N-dealkylation sites (N-methyl/N-ethyl adjacent to an activating group) is 1. The van der Waals surface area contributed by atoms with E-state index in [4.69, 9.17) is 23.3 Å². The Bertz CT molecular complexity index is 882. The van der Waals surface area contributed by atoms with Gasteiger partial charge >= 0.3 is 19.8 Å². The number of hydrogen-bond donors (Lipinski definition) is 1. The molecule has 1 heterocycles. The standard InChI is InChI=1S/C30H52NO9P/c1-6-7-8-9-13-16-19-28-29(40-28)20-17-14-11-10-12-15-18-21-30(33)36-24-27(39-26(2)32)25-38-41(34,35)37-23-22-31(3,4)5/h10,12-14,16-17,27-29H,6-9,11,15,18-25H2,1-5H3/p+1/b12-10-,16-13-,17-14-/t27-,28?,29?/m1/s1. The van der Waals surface area contributed by atoms with E-state index >= 15 is 0 Å². The van der Waals surface area contributed by atoms with Gasteiger partial charge in [-0.05, 0) is 44.9 Å². The van der Waals surface area contributed by atoms with Crippen LogP contribution in [0, 0.1) is 0 Å². The minimum atomic E-state index is -4.34. The third-order valence-corrected chi connectivity index (χ3v) is 7.11. The zero-order valence-electron chi connectivity index (χ0n) is 25.7. The molecule has 0 aromatic carbocycles. The smallest absolute Gasteiger partial charge is 0.462 e. The molecule has 0 aromatic heterocycles. The monoisotopic (exact) mass is 602 g/mol. The van der Waals surface area contributed by atoms with Crippen LogP contribution >= 0.6 is 7.82 Å². The van der Waals surface area contributed by atoms with Gasteiger partial charge in [0.25, 0.3) is 0 Å². The maximum Gasteiger partial charge on any atom is 0.472 e. The van der Waals surface area contributed by atoms with Crippen LogP contribution in [-0.2, 0) is 37.4 Å². The Morgan fingerprint density at radius 3 is 2.22 bits per heavy atom. The van der Waals surface area contributed by atoms with E-state index in [0.29, 0.717) is 29.7 Å². The third kappa shape index (κ3) is 22.5. The highest BCUT2D eigenvalue weighted by atomic mass is 31.2. The summed E-state index contributed by atoms with van der Waals surface area (Å²) in [4.78, 5) is 33.3. The molecule has 0 spiro atoms. The summed E-state index contributed by atoms with van der Waals surface area (Å²) in [5.41, 5.74) is 0. The fourth-order valence-corrected chi connectivity index (χ4v) is 4.43. The van der Waals surface area contributed by atoms with Crippen molar-refractivity contribution in [2.24, 2.45) is 0 Å². The van der Waals surface area contributed by atoms with Crippen LogP contribution < -0.4 is 0 Å². The number of ether oxygens (including phenoxy) is 3. The van der Waals surface area contributed by atoms with Gasteiger partial charge in [0.05, 0.1) is 40.0 Å². The molecule has 0 saturated carbocycles. The summed E-state index contributed by atoms with van der Waals surface area (Å²) in [5, 5.41) is 0. The van der Waals surface area contributed by atoms with Crippen LogP contribution in [0.2, 0.25) is 0 Å². The Morgan fingerprint density at radius 2 is 1.56 bits per heavy atom. The fourth-order valence-electron chi connectivity index (χ4n) is 3.69. The average molecular weight is 603 g/mol. The van der Waals surface area contributed by atoms with Gasteiger partial charge in [-0.25, -0.2) is 4.57 Å². The van der Waals surface area contributed by atoms with E-state index in [9.17, 15) is 19.0 Å². The molecule has 10 nitrogen and oxygen atoms in total.